The largest absolute Gasteiger partial charge is 0.472 e. The number of nitrogens with one attached hydrogen (secondary N) is 1. The van der Waals surface area contributed by atoms with Crippen molar-refractivity contribution in [1.29, 1.82) is 0 Å². The molecule has 1 saturated carbocycles. The normalized spacial score (nSPS) is 26.5. The van der Waals surface area contributed by atoms with E-state index in [-0.39, 0.29) is 23.6 Å². The molecule has 1 aliphatic heterocycles. The number of aromatic nitrogens is 2. The van der Waals surface area contributed by atoms with E-state index in [4.69, 9.17) is 4.74 Å². The fourth-order valence-electron chi connectivity index (χ4n) is 4.75. The number of aromatic amines is 1. The molecule has 2 aromatic rings. The molecule has 0 unspecified atom stereocenters. The fourth-order valence-corrected chi connectivity index (χ4v) is 4.75. The number of benzene rings is 1. The van der Waals surface area contributed by atoms with Crippen LogP contribution < -0.4 is 16.0 Å². The van der Waals surface area contributed by atoms with Crippen molar-refractivity contribution in [2.24, 2.45) is 11.8 Å². The Balaban J connectivity index is 1.84. The first-order valence-corrected chi connectivity index (χ1v) is 9.47. The number of fused-ring (bicyclic) bond motifs is 3. The first-order chi connectivity index (χ1) is 12.4. The molecule has 1 aromatic carbocycles. The van der Waals surface area contributed by atoms with Crippen LogP contribution in [0.2, 0.25) is 0 Å². The molecule has 1 aromatic heterocycles. The van der Waals surface area contributed by atoms with Gasteiger partial charge in [0, 0.05) is 11.8 Å². The summed E-state index contributed by atoms with van der Waals surface area (Å²) in [6.07, 6.45) is 3.18. The number of nitrogens with zero attached hydrogens (tertiary/aromatic N) is 1. The maximum absolute atomic E-state index is 13.3. The third kappa shape index (κ3) is 2.79. The van der Waals surface area contributed by atoms with E-state index in [1.165, 1.54) is 4.57 Å². The zero-order valence-corrected chi connectivity index (χ0v) is 15.6. The average Bonchev–Trinajstić information content (AvgIpc) is 2.58. The van der Waals surface area contributed by atoms with Crippen molar-refractivity contribution >= 4 is 0 Å². The molecule has 2 aliphatic rings. The predicted octanol–water partition coefficient (Wildman–Crippen LogP) is 3.28. The molecule has 4 rings (SSSR count). The van der Waals surface area contributed by atoms with Crippen LogP contribution in [-0.2, 0) is 6.54 Å². The Morgan fingerprint density at radius 1 is 1.19 bits per heavy atom. The summed E-state index contributed by atoms with van der Waals surface area (Å²) in [5.74, 6) is 1.40. The van der Waals surface area contributed by atoms with Crippen LogP contribution in [0.5, 0.6) is 5.88 Å². The van der Waals surface area contributed by atoms with Gasteiger partial charge >= 0.3 is 5.69 Å². The number of hydrogen-bond donors (Lipinski definition) is 1. The van der Waals surface area contributed by atoms with Crippen LogP contribution in [0.25, 0.3) is 0 Å². The topological polar surface area (TPSA) is 64.1 Å². The molecule has 1 fully saturated rings. The number of hydrogen-bond acceptors (Lipinski definition) is 3. The van der Waals surface area contributed by atoms with Gasteiger partial charge in [-0.25, -0.2) is 4.79 Å². The lowest BCUT2D eigenvalue weighted by Crippen LogP contribution is -2.51. The van der Waals surface area contributed by atoms with Crippen LogP contribution in [0.3, 0.4) is 0 Å². The summed E-state index contributed by atoms with van der Waals surface area (Å²) in [5.41, 5.74) is 0.615. The minimum Gasteiger partial charge on any atom is -0.472 e. The summed E-state index contributed by atoms with van der Waals surface area (Å²) in [6, 6.07) is 9.61. The highest BCUT2D eigenvalue weighted by molar-refractivity contribution is 5.33. The van der Waals surface area contributed by atoms with Gasteiger partial charge < -0.3 is 4.74 Å². The standard InChI is InChI=1S/C21H26N2O3/c1-13-9-10-16-15(11-13)17-18(26-21(16,2)3)22-20(25)23(19(17)24)12-14-7-5-4-6-8-14/h4-8,13,15-16H,9-12H2,1-3H3,(H,22,25)/t13-,15+,16-/m0/s1. The Morgan fingerprint density at radius 3 is 2.65 bits per heavy atom. The lowest BCUT2D eigenvalue weighted by atomic mass is 9.65. The third-order valence-corrected chi connectivity index (χ3v) is 6.11. The Bertz CT molecular complexity index is 927. The van der Waals surface area contributed by atoms with E-state index in [1.54, 1.807) is 0 Å². The first-order valence-electron chi connectivity index (χ1n) is 9.47. The van der Waals surface area contributed by atoms with Crippen LogP contribution in [-0.4, -0.2) is 15.2 Å². The quantitative estimate of drug-likeness (QED) is 0.900. The smallest absolute Gasteiger partial charge is 0.331 e. The van der Waals surface area contributed by atoms with E-state index >= 15 is 0 Å². The van der Waals surface area contributed by atoms with Crippen LogP contribution in [0, 0.1) is 11.8 Å². The highest BCUT2D eigenvalue weighted by Gasteiger charge is 2.47. The Morgan fingerprint density at radius 2 is 1.92 bits per heavy atom. The minimum atomic E-state index is -0.407. The fraction of sp³-hybridized carbons (Fsp3) is 0.524. The van der Waals surface area contributed by atoms with Crippen molar-refractivity contribution in [3.05, 3.63) is 62.3 Å². The molecule has 1 N–H and O–H groups in total. The van der Waals surface area contributed by atoms with Gasteiger partial charge in [-0.2, -0.15) is 0 Å². The first kappa shape index (κ1) is 17.1. The van der Waals surface area contributed by atoms with Gasteiger partial charge in [-0.05, 0) is 38.2 Å². The van der Waals surface area contributed by atoms with E-state index in [0.29, 0.717) is 23.3 Å². The SMILES string of the molecule is C[C@H]1CC[C@H]2[C@@H](C1)c1c([nH]c(=O)n(Cc3ccccc3)c1=O)OC2(C)C. The van der Waals surface area contributed by atoms with Gasteiger partial charge in [0.25, 0.3) is 5.56 Å². The minimum absolute atomic E-state index is 0.142. The van der Waals surface area contributed by atoms with Crippen LogP contribution in [0.4, 0.5) is 0 Å². The molecule has 2 heterocycles. The number of H-pyrrole nitrogens is 1. The second-order valence-corrected chi connectivity index (χ2v) is 8.39. The predicted molar refractivity (Wildman–Crippen MR) is 101 cm³/mol. The van der Waals surface area contributed by atoms with Crippen LogP contribution in [0.1, 0.15) is 57.1 Å². The van der Waals surface area contributed by atoms with Gasteiger partial charge in [0.1, 0.15) is 5.60 Å². The maximum Gasteiger partial charge on any atom is 0.331 e. The monoisotopic (exact) mass is 354 g/mol. The van der Waals surface area contributed by atoms with E-state index in [1.807, 2.05) is 30.3 Å². The second-order valence-electron chi connectivity index (χ2n) is 8.39. The molecule has 138 valence electrons. The maximum atomic E-state index is 13.3. The van der Waals surface area contributed by atoms with Gasteiger partial charge in [0.05, 0.1) is 12.1 Å². The van der Waals surface area contributed by atoms with E-state index in [0.717, 1.165) is 24.8 Å². The van der Waals surface area contributed by atoms with Crippen molar-refractivity contribution in [3.8, 4) is 5.88 Å². The molecule has 0 bridgehead atoms. The third-order valence-electron chi connectivity index (χ3n) is 6.11. The van der Waals surface area contributed by atoms with Gasteiger partial charge in [0.2, 0.25) is 5.88 Å². The zero-order valence-electron chi connectivity index (χ0n) is 15.6. The molecule has 1 aliphatic carbocycles. The molecule has 5 nitrogen and oxygen atoms in total. The van der Waals surface area contributed by atoms with Gasteiger partial charge in [0.15, 0.2) is 0 Å². The van der Waals surface area contributed by atoms with Crippen LogP contribution >= 0.6 is 0 Å². The Hall–Kier alpha value is -2.30. The van der Waals surface area contributed by atoms with E-state index in [9.17, 15) is 9.59 Å². The zero-order chi connectivity index (χ0) is 18.5. The molecular weight excluding hydrogens is 328 g/mol. The average molecular weight is 354 g/mol. The molecule has 0 radical (unpaired) electrons. The van der Waals surface area contributed by atoms with Crippen molar-refractivity contribution in [2.45, 2.75) is 58.1 Å². The van der Waals surface area contributed by atoms with Gasteiger partial charge in [-0.1, -0.05) is 43.7 Å². The lowest BCUT2D eigenvalue weighted by molar-refractivity contribution is -0.0191. The summed E-state index contributed by atoms with van der Waals surface area (Å²) in [5, 5.41) is 0. The highest BCUT2D eigenvalue weighted by atomic mass is 16.5. The summed E-state index contributed by atoms with van der Waals surface area (Å²) in [6.45, 7) is 6.65. The number of rotatable bonds is 2. The number of ether oxygens (including phenoxy) is 1. The Kier molecular flexibility index (Phi) is 4.05. The summed E-state index contributed by atoms with van der Waals surface area (Å²) < 4.78 is 7.43. The van der Waals surface area contributed by atoms with E-state index < -0.39 is 5.69 Å². The second kappa shape index (κ2) is 6.15. The lowest BCUT2D eigenvalue weighted by Gasteiger charge is -2.47. The van der Waals surface area contributed by atoms with Crippen molar-refractivity contribution in [1.82, 2.24) is 9.55 Å². The summed E-state index contributed by atoms with van der Waals surface area (Å²) in [7, 11) is 0. The highest BCUT2D eigenvalue weighted by Crippen LogP contribution is 2.50. The molecule has 26 heavy (non-hydrogen) atoms. The summed E-state index contributed by atoms with van der Waals surface area (Å²) in [4.78, 5) is 28.7. The summed E-state index contributed by atoms with van der Waals surface area (Å²) >= 11 is 0. The van der Waals surface area contributed by atoms with Crippen molar-refractivity contribution < 1.29 is 4.74 Å². The van der Waals surface area contributed by atoms with Crippen molar-refractivity contribution in [3.63, 3.8) is 0 Å². The Labute approximate surface area is 153 Å². The molecule has 5 heteroatoms. The van der Waals surface area contributed by atoms with Gasteiger partial charge in [-0.3, -0.25) is 14.3 Å². The molecule has 0 amide bonds. The van der Waals surface area contributed by atoms with Crippen molar-refractivity contribution in [2.75, 3.05) is 0 Å². The van der Waals surface area contributed by atoms with Gasteiger partial charge in [-0.15, -0.1) is 0 Å². The molecule has 3 atom stereocenters. The molecule has 0 spiro atoms. The van der Waals surface area contributed by atoms with Crippen LogP contribution in [0.15, 0.2) is 39.9 Å². The van der Waals surface area contributed by atoms with E-state index in [2.05, 4.69) is 25.8 Å². The molecular formula is C21H26N2O3. The molecule has 0 saturated heterocycles.